The zero-order valence-electron chi connectivity index (χ0n) is 23.4. The molecule has 0 spiro atoms. The summed E-state index contributed by atoms with van der Waals surface area (Å²) in [4.78, 5) is 28.6. The number of hydrogen-bond donors (Lipinski definition) is 1. The number of rotatable bonds is 12. The normalized spacial score (nSPS) is 12.2. The number of carbonyl (C=O) groups excluding carboxylic acids is 2. The molecule has 2 amide bonds. The first-order valence-corrected chi connectivity index (χ1v) is 15.4. The summed E-state index contributed by atoms with van der Waals surface area (Å²) < 4.78 is 42.4. The highest BCUT2D eigenvalue weighted by atomic mass is 35.5. The Balaban J connectivity index is 2.06. The van der Waals surface area contributed by atoms with E-state index < -0.39 is 34.3 Å². The number of amides is 2. The largest absolute Gasteiger partial charge is 0.354 e. The van der Waals surface area contributed by atoms with Gasteiger partial charge in [-0.15, -0.1) is 0 Å². The monoisotopic (exact) mass is 621 g/mol. The lowest BCUT2D eigenvalue weighted by Gasteiger charge is -2.33. The van der Waals surface area contributed by atoms with Crippen LogP contribution in [0.3, 0.4) is 0 Å². The average molecular weight is 623 g/mol. The lowest BCUT2D eigenvalue weighted by atomic mass is 10.1. The molecule has 0 aliphatic carbocycles. The van der Waals surface area contributed by atoms with E-state index in [4.69, 9.17) is 23.2 Å². The Morgan fingerprint density at radius 2 is 1.59 bits per heavy atom. The maximum atomic E-state index is 14.0. The second kappa shape index (κ2) is 14.2. The molecule has 0 radical (unpaired) electrons. The molecule has 3 aromatic carbocycles. The lowest BCUT2D eigenvalue weighted by Crippen LogP contribution is -2.52. The van der Waals surface area contributed by atoms with E-state index in [2.05, 4.69) is 5.32 Å². The third kappa shape index (κ3) is 8.44. The van der Waals surface area contributed by atoms with Gasteiger partial charge in [0.2, 0.25) is 11.8 Å². The van der Waals surface area contributed by atoms with E-state index >= 15 is 0 Å². The number of sulfonamides is 1. The maximum Gasteiger partial charge on any atom is 0.264 e. The minimum absolute atomic E-state index is 0.0197. The van der Waals surface area contributed by atoms with E-state index in [0.29, 0.717) is 12.1 Å². The molecule has 220 valence electrons. The Morgan fingerprint density at radius 3 is 2.15 bits per heavy atom. The Kier molecular flexibility index (Phi) is 11.2. The van der Waals surface area contributed by atoms with Crippen LogP contribution in [0, 0.1) is 18.7 Å². The topological polar surface area (TPSA) is 86.8 Å². The summed E-state index contributed by atoms with van der Waals surface area (Å²) in [6.45, 7) is 7.26. The number of nitrogens with one attached hydrogen (secondary N) is 1. The first kappa shape index (κ1) is 32.4. The molecule has 0 heterocycles. The van der Waals surface area contributed by atoms with Crippen LogP contribution in [0.4, 0.5) is 10.1 Å². The molecule has 0 aliphatic rings. The maximum absolute atomic E-state index is 14.0. The van der Waals surface area contributed by atoms with Crippen LogP contribution in [0.15, 0.2) is 71.6 Å². The second-order valence-electron chi connectivity index (χ2n) is 10.1. The van der Waals surface area contributed by atoms with Gasteiger partial charge in [0, 0.05) is 13.1 Å². The third-order valence-corrected chi connectivity index (χ3v) is 8.94. The molecule has 0 unspecified atom stereocenters. The third-order valence-electron chi connectivity index (χ3n) is 6.42. The number of carbonyl (C=O) groups is 2. The van der Waals surface area contributed by atoms with Crippen LogP contribution in [-0.4, -0.2) is 44.3 Å². The summed E-state index contributed by atoms with van der Waals surface area (Å²) in [7, 11) is -4.25. The Labute approximate surface area is 251 Å². The van der Waals surface area contributed by atoms with Crippen molar-refractivity contribution in [3.05, 3.63) is 93.7 Å². The fraction of sp³-hybridized carbons (Fsp3) is 0.333. The molecule has 0 saturated carbocycles. The van der Waals surface area contributed by atoms with Gasteiger partial charge < -0.3 is 10.2 Å². The van der Waals surface area contributed by atoms with Gasteiger partial charge in [-0.1, -0.05) is 73.8 Å². The SMILES string of the molecule is CC[C@H](C(=O)NCC(C)C)N(Cc1ccc(F)cc1)C(=O)CN(c1ccc(Cl)c(Cl)c1)S(=O)(=O)c1ccc(C)cc1. The van der Waals surface area contributed by atoms with E-state index in [1.54, 1.807) is 19.1 Å². The Hall–Kier alpha value is -3.14. The minimum atomic E-state index is -4.25. The van der Waals surface area contributed by atoms with E-state index in [9.17, 15) is 22.4 Å². The summed E-state index contributed by atoms with van der Waals surface area (Å²) >= 11 is 12.3. The van der Waals surface area contributed by atoms with E-state index in [1.165, 1.54) is 59.5 Å². The van der Waals surface area contributed by atoms with E-state index in [-0.39, 0.29) is 45.4 Å². The molecule has 11 heteroatoms. The van der Waals surface area contributed by atoms with Gasteiger partial charge in [0.05, 0.1) is 20.6 Å². The van der Waals surface area contributed by atoms with Crippen molar-refractivity contribution in [3.63, 3.8) is 0 Å². The van der Waals surface area contributed by atoms with Crippen molar-refractivity contribution in [2.45, 2.75) is 51.6 Å². The van der Waals surface area contributed by atoms with Crippen molar-refractivity contribution in [3.8, 4) is 0 Å². The molecule has 0 fully saturated rings. The van der Waals surface area contributed by atoms with Crippen LogP contribution in [0.25, 0.3) is 0 Å². The summed E-state index contributed by atoms with van der Waals surface area (Å²) in [5.74, 6) is -1.24. The quantitative estimate of drug-likeness (QED) is 0.260. The van der Waals surface area contributed by atoms with Gasteiger partial charge in [-0.2, -0.15) is 0 Å². The van der Waals surface area contributed by atoms with Gasteiger partial charge in [-0.25, -0.2) is 12.8 Å². The predicted octanol–water partition coefficient (Wildman–Crippen LogP) is 6.22. The number of halogens is 3. The molecule has 0 bridgehead atoms. The Morgan fingerprint density at radius 1 is 0.951 bits per heavy atom. The molecule has 0 aromatic heterocycles. The molecule has 3 rings (SSSR count). The van der Waals surface area contributed by atoms with Crippen LogP contribution in [0.1, 0.15) is 38.3 Å². The fourth-order valence-electron chi connectivity index (χ4n) is 4.13. The molecule has 1 atom stereocenters. The van der Waals surface area contributed by atoms with Crippen LogP contribution >= 0.6 is 23.2 Å². The van der Waals surface area contributed by atoms with Crippen LogP contribution in [0.2, 0.25) is 10.0 Å². The number of benzene rings is 3. The average Bonchev–Trinajstić information content (AvgIpc) is 2.93. The standard InChI is InChI=1S/C30H34Cl2FN3O4S/c1-5-28(30(38)34-17-20(2)3)35(18-22-8-10-23(33)11-9-22)29(37)19-36(24-12-15-26(31)27(32)16-24)41(39,40)25-13-6-21(4)7-14-25/h6-16,20,28H,5,17-19H2,1-4H3,(H,34,38)/t28-/m1/s1. The fourth-order valence-corrected chi connectivity index (χ4v) is 5.83. The molecular weight excluding hydrogens is 588 g/mol. The van der Waals surface area contributed by atoms with Gasteiger partial charge in [-0.3, -0.25) is 13.9 Å². The molecular formula is C30H34Cl2FN3O4S. The van der Waals surface area contributed by atoms with E-state index in [0.717, 1.165) is 9.87 Å². The highest BCUT2D eigenvalue weighted by Crippen LogP contribution is 2.31. The summed E-state index contributed by atoms with van der Waals surface area (Å²) in [5, 5.41) is 3.20. The molecule has 41 heavy (non-hydrogen) atoms. The number of nitrogens with zero attached hydrogens (tertiary/aromatic N) is 2. The summed E-state index contributed by atoms with van der Waals surface area (Å²) in [6.07, 6.45) is 0.272. The summed E-state index contributed by atoms with van der Waals surface area (Å²) in [5.41, 5.74) is 1.58. The van der Waals surface area contributed by atoms with Gasteiger partial charge >= 0.3 is 0 Å². The lowest BCUT2D eigenvalue weighted by molar-refractivity contribution is -0.140. The molecule has 0 saturated heterocycles. The van der Waals surface area contributed by atoms with Crippen LogP contribution < -0.4 is 9.62 Å². The number of anilines is 1. The predicted molar refractivity (Wildman–Crippen MR) is 161 cm³/mol. The number of aryl methyl sites for hydroxylation is 1. The molecule has 1 N–H and O–H groups in total. The van der Waals surface area contributed by atoms with Gasteiger partial charge in [-0.05, 0) is 67.3 Å². The highest BCUT2D eigenvalue weighted by molar-refractivity contribution is 7.92. The van der Waals surface area contributed by atoms with Crippen molar-refractivity contribution < 1.29 is 22.4 Å². The second-order valence-corrected chi connectivity index (χ2v) is 12.8. The minimum Gasteiger partial charge on any atom is -0.354 e. The van der Waals surface area contributed by atoms with E-state index in [1.807, 2.05) is 20.8 Å². The first-order chi connectivity index (χ1) is 19.3. The van der Waals surface area contributed by atoms with Crippen molar-refractivity contribution in [2.24, 2.45) is 5.92 Å². The van der Waals surface area contributed by atoms with Crippen LogP contribution in [0.5, 0.6) is 0 Å². The molecule has 3 aromatic rings. The zero-order valence-corrected chi connectivity index (χ0v) is 25.7. The first-order valence-electron chi connectivity index (χ1n) is 13.2. The molecule has 7 nitrogen and oxygen atoms in total. The highest BCUT2D eigenvalue weighted by Gasteiger charge is 2.34. The van der Waals surface area contributed by atoms with Crippen molar-refractivity contribution in [1.82, 2.24) is 10.2 Å². The Bertz CT molecular complexity index is 1470. The summed E-state index contributed by atoms with van der Waals surface area (Å²) in [6, 6.07) is 15.2. The van der Waals surface area contributed by atoms with Gasteiger partial charge in [0.15, 0.2) is 0 Å². The van der Waals surface area contributed by atoms with Gasteiger partial charge in [0.1, 0.15) is 18.4 Å². The van der Waals surface area contributed by atoms with Crippen molar-refractivity contribution in [2.75, 3.05) is 17.4 Å². The van der Waals surface area contributed by atoms with Crippen LogP contribution in [-0.2, 0) is 26.2 Å². The van der Waals surface area contributed by atoms with Gasteiger partial charge in [0.25, 0.3) is 10.0 Å². The zero-order chi connectivity index (χ0) is 30.3. The number of hydrogen-bond acceptors (Lipinski definition) is 4. The molecule has 0 aliphatic heterocycles. The smallest absolute Gasteiger partial charge is 0.264 e. The van der Waals surface area contributed by atoms with Crippen molar-refractivity contribution in [1.29, 1.82) is 0 Å². The van der Waals surface area contributed by atoms with Crippen molar-refractivity contribution >= 4 is 50.7 Å².